The van der Waals surface area contributed by atoms with E-state index in [0.29, 0.717) is 22.7 Å². The van der Waals surface area contributed by atoms with Crippen molar-refractivity contribution in [3.05, 3.63) is 64.8 Å². The summed E-state index contributed by atoms with van der Waals surface area (Å²) in [5.41, 5.74) is 3.57. The van der Waals surface area contributed by atoms with Gasteiger partial charge < -0.3 is 14.6 Å². The third-order valence-corrected chi connectivity index (χ3v) is 5.94. The Morgan fingerprint density at radius 3 is 2.23 bits per heavy atom. The zero-order valence-corrected chi connectivity index (χ0v) is 18.0. The summed E-state index contributed by atoms with van der Waals surface area (Å²) >= 11 is 0. The van der Waals surface area contributed by atoms with Gasteiger partial charge >= 0.3 is 0 Å². The van der Waals surface area contributed by atoms with E-state index in [2.05, 4.69) is 15.2 Å². The van der Waals surface area contributed by atoms with E-state index in [9.17, 15) is 13.2 Å². The summed E-state index contributed by atoms with van der Waals surface area (Å²) in [6.07, 6.45) is 0. The number of amides is 1. The highest BCUT2D eigenvalue weighted by molar-refractivity contribution is 7.92. The van der Waals surface area contributed by atoms with Gasteiger partial charge in [0.05, 0.1) is 10.6 Å². The van der Waals surface area contributed by atoms with Crippen LogP contribution in [-0.4, -0.2) is 26.1 Å². The third-order valence-electron chi connectivity index (χ3n) is 4.59. The molecule has 0 bridgehead atoms. The van der Waals surface area contributed by atoms with E-state index in [-0.39, 0.29) is 23.3 Å². The number of hydrogen-bond donors (Lipinski definition) is 2. The average Bonchev–Trinajstić information content (AvgIpc) is 2.99. The van der Waals surface area contributed by atoms with Crippen molar-refractivity contribution in [3.63, 3.8) is 0 Å². The molecule has 3 aromatic rings. The number of ether oxygens (including phenoxy) is 1. The highest BCUT2D eigenvalue weighted by Gasteiger charge is 2.19. The number of anilines is 2. The van der Waals surface area contributed by atoms with Crippen LogP contribution in [0.15, 0.2) is 51.9 Å². The van der Waals surface area contributed by atoms with Crippen molar-refractivity contribution in [2.75, 3.05) is 16.6 Å². The zero-order chi connectivity index (χ0) is 21.9. The molecule has 0 unspecified atom stereocenters. The van der Waals surface area contributed by atoms with Gasteiger partial charge in [-0.1, -0.05) is 23.4 Å². The highest BCUT2D eigenvalue weighted by Crippen LogP contribution is 2.23. The van der Waals surface area contributed by atoms with Crippen LogP contribution in [0.2, 0.25) is 0 Å². The van der Waals surface area contributed by atoms with Gasteiger partial charge in [-0.3, -0.25) is 4.79 Å². The SMILES string of the molecule is Cc1cccc(C)c1OCC(=O)Nc1ccc(S(=O)(=O)Nc2onc(C)c2C)cc1. The molecule has 0 aliphatic carbocycles. The molecule has 2 aromatic carbocycles. The molecule has 0 aliphatic rings. The molecule has 2 N–H and O–H groups in total. The van der Waals surface area contributed by atoms with Crippen LogP contribution in [0.25, 0.3) is 0 Å². The largest absolute Gasteiger partial charge is 0.483 e. The normalized spacial score (nSPS) is 11.2. The first kappa shape index (κ1) is 21.4. The second-order valence-corrected chi connectivity index (χ2v) is 8.59. The van der Waals surface area contributed by atoms with E-state index >= 15 is 0 Å². The fraction of sp³-hybridized carbons (Fsp3) is 0.238. The Balaban J connectivity index is 1.62. The number of sulfonamides is 1. The Bertz CT molecular complexity index is 1150. The Morgan fingerprint density at radius 1 is 1.03 bits per heavy atom. The van der Waals surface area contributed by atoms with Crippen molar-refractivity contribution in [1.82, 2.24) is 5.16 Å². The Kier molecular flexibility index (Phi) is 6.12. The maximum Gasteiger partial charge on any atom is 0.264 e. The van der Waals surface area contributed by atoms with E-state index in [1.807, 2.05) is 32.0 Å². The van der Waals surface area contributed by atoms with Crippen molar-refractivity contribution in [3.8, 4) is 5.75 Å². The minimum absolute atomic E-state index is 0.0285. The Labute approximate surface area is 175 Å². The molecule has 0 fully saturated rings. The Hall–Kier alpha value is -3.33. The molecule has 0 saturated carbocycles. The van der Waals surface area contributed by atoms with Gasteiger partial charge in [0.25, 0.3) is 15.9 Å². The van der Waals surface area contributed by atoms with Gasteiger partial charge in [-0.2, -0.15) is 0 Å². The molecule has 1 amide bonds. The number of aromatic nitrogens is 1. The molecule has 9 heteroatoms. The van der Waals surface area contributed by atoms with Crippen LogP contribution in [-0.2, 0) is 14.8 Å². The van der Waals surface area contributed by atoms with E-state index < -0.39 is 10.0 Å². The fourth-order valence-corrected chi connectivity index (χ4v) is 3.82. The first-order chi connectivity index (χ1) is 14.2. The molecule has 0 aliphatic heterocycles. The molecule has 0 atom stereocenters. The van der Waals surface area contributed by atoms with Crippen molar-refractivity contribution in [1.29, 1.82) is 0 Å². The molecular formula is C21H23N3O5S. The summed E-state index contributed by atoms with van der Waals surface area (Å²) in [4.78, 5) is 12.2. The van der Waals surface area contributed by atoms with Crippen molar-refractivity contribution in [2.45, 2.75) is 32.6 Å². The first-order valence-corrected chi connectivity index (χ1v) is 10.7. The lowest BCUT2D eigenvalue weighted by molar-refractivity contribution is -0.118. The van der Waals surface area contributed by atoms with Crippen molar-refractivity contribution < 1.29 is 22.5 Å². The van der Waals surface area contributed by atoms with Gasteiger partial charge in [0, 0.05) is 11.3 Å². The van der Waals surface area contributed by atoms with Crippen LogP contribution < -0.4 is 14.8 Å². The van der Waals surface area contributed by atoms with Crippen LogP contribution in [0.3, 0.4) is 0 Å². The number of hydrogen-bond acceptors (Lipinski definition) is 6. The predicted molar refractivity (Wildman–Crippen MR) is 113 cm³/mol. The molecule has 1 aromatic heterocycles. The second-order valence-electron chi connectivity index (χ2n) is 6.91. The molecule has 1 heterocycles. The summed E-state index contributed by atoms with van der Waals surface area (Å²) in [5.74, 6) is 0.408. The summed E-state index contributed by atoms with van der Waals surface area (Å²) < 4.78 is 38.0. The minimum Gasteiger partial charge on any atom is -0.483 e. The number of carbonyl (C=O) groups excluding carboxylic acids is 1. The second kappa shape index (κ2) is 8.58. The number of rotatable bonds is 7. The van der Waals surface area contributed by atoms with Gasteiger partial charge in [-0.15, -0.1) is 0 Å². The number of aryl methyl sites for hydroxylation is 3. The molecule has 158 valence electrons. The van der Waals surface area contributed by atoms with E-state index in [1.165, 1.54) is 24.3 Å². The van der Waals surface area contributed by atoms with Crippen LogP contribution >= 0.6 is 0 Å². The van der Waals surface area contributed by atoms with Gasteiger partial charge in [0.15, 0.2) is 6.61 Å². The lowest BCUT2D eigenvalue weighted by atomic mass is 10.1. The number of nitrogens with one attached hydrogen (secondary N) is 2. The van der Waals surface area contributed by atoms with Crippen molar-refractivity contribution in [2.24, 2.45) is 0 Å². The number of para-hydroxylation sites is 1. The first-order valence-electron chi connectivity index (χ1n) is 9.22. The third kappa shape index (κ3) is 4.80. The van der Waals surface area contributed by atoms with Crippen LogP contribution in [0, 0.1) is 27.7 Å². The smallest absolute Gasteiger partial charge is 0.264 e. The monoisotopic (exact) mass is 429 g/mol. The molecule has 8 nitrogen and oxygen atoms in total. The summed E-state index contributed by atoms with van der Waals surface area (Å²) in [6.45, 7) is 7.10. The zero-order valence-electron chi connectivity index (χ0n) is 17.1. The van der Waals surface area contributed by atoms with Crippen LogP contribution in [0.5, 0.6) is 5.75 Å². The highest BCUT2D eigenvalue weighted by atomic mass is 32.2. The topological polar surface area (TPSA) is 111 Å². The van der Waals surface area contributed by atoms with Gasteiger partial charge in [-0.25, -0.2) is 13.1 Å². The lowest BCUT2D eigenvalue weighted by Gasteiger charge is -2.12. The average molecular weight is 429 g/mol. The van der Waals surface area contributed by atoms with Crippen LogP contribution in [0.1, 0.15) is 22.4 Å². The van der Waals surface area contributed by atoms with E-state index in [4.69, 9.17) is 9.26 Å². The van der Waals surface area contributed by atoms with Crippen molar-refractivity contribution >= 4 is 27.5 Å². The molecule has 0 radical (unpaired) electrons. The van der Waals surface area contributed by atoms with Gasteiger partial charge in [0.1, 0.15) is 5.75 Å². The number of benzene rings is 2. The van der Waals surface area contributed by atoms with E-state index in [1.54, 1.807) is 13.8 Å². The molecule has 30 heavy (non-hydrogen) atoms. The maximum absolute atomic E-state index is 12.5. The fourth-order valence-electron chi connectivity index (χ4n) is 2.77. The molecule has 3 rings (SSSR count). The van der Waals surface area contributed by atoms with Crippen LogP contribution in [0.4, 0.5) is 11.6 Å². The number of nitrogens with zero attached hydrogens (tertiary/aromatic N) is 1. The molecular weight excluding hydrogens is 406 g/mol. The summed E-state index contributed by atoms with van der Waals surface area (Å²) in [5, 5.41) is 6.41. The predicted octanol–water partition coefficient (Wildman–Crippen LogP) is 3.73. The number of carbonyl (C=O) groups is 1. The maximum atomic E-state index is 12.5. The standard InChI is InChI=1S/C21H23N3O5S/c1-13-6-5-7-14(2)20(13)28-12-19(25)22-17-8-10-18(11-9-17)30(26,27)24-21-15(3)16(4)23-29-21/h5-11,24H,12H2,1-4H3,(H,22,25). The molecule has 0 saturated heterocycles. The van der Waals surface area contributed by atoms with Gasteiger partial charge in [-0.05, 0) is 63.1 Å². The minimum atomic E-state index is -3.84. The quantitative estimate of drug-likeness (QED) is 0.592. The Morgan fingerprint density at radius 2 is 1.67 bits per heavy atom. The molecule has 0 spiro atoms. The van der Waals surface area contributed by atoms with E-state index in [0.717, 1.165) is 11.1 Å². The summed E-state index contributed by atoms with van der Waals surface area (Å²) in [6, 6.07) is 11.5. The van der Waals surface area contributed by atoms with Gasteiger partial charge in [0.2, 0.25) is 5.88 Å². The summed E-state index contributed by atoms with van der Waals surface area (Å²) in [7, 11) is -3.84. The lowest BCUT2D eigenvalue weighted by Crippen LogP contribution is -2.20.